The summed E-state index contributed by atoms with van der Waals surface area (Å²) in [4.78, 5) is 0. The topological polar surface area (TPSA) is 21.3 Å². The van der Waals surface area contributed by atoms with Crippen molar-refractivity contribution in [2.75, 3.05) is 6.61 Å². The SMILES string of the molecule is [C]1=COCC=CN1. The molecule has 0 bridgehead atoms. The third-order valence-electron chi connectivity index (χ3n) is 0.619. The number of hydrogen-bond acceptors (Lipinski definition) is 2. The van der Waals surface area contributed by atoms with Crippen molar-refractivity contribution in [3.63, 3.8) is 0 Å². The second-order valence-corrected chi connectivity index (χ2v) is 1.14. The highest BCUT2D eigenvalue weighted by molar-refractivity contribution is 4.85. The van der Waals surface area contributed by atoms with Crippen LogP contribution in [-0.4, -0.2) is 6.61 Å². The molecule has 1 heterocycles. The van der Waals surface area contributed by atoms with E-state index >= 15 is 0 Å². The molecule has 2 heteroatoms. The molecule has 0 aromatic heterocycles. The van der Waals surface area contributed by atoms with E-state index in [1.54, 1.807) is 6.20 Å². The zero-order valence-corrected chi connectivity index (χ0v) is 3.85. The Hall–Kier alpha value is -0.920. The molecule has 0 amide bonds. The maximum absolute atomic E-state index is 4.81. The van der Waals surface area contributed by atoms with E-state index in [-0.39, 0.29) is 0 Å². The van der Waals surface area contributed by atoms with E-state index in [4.69, 9.17) is 4.74 Å². The molecule has 37 valence electrons. The molecule has 0 atom stereocenters. The molecule has 0 aromatic rings. The fourth-order valence-electron chi connectivity index (χ4n) is 0.335. The zero-order valence-electron chi connectivity index (χ0n) is 3.85. The van der Waals surface area contributed by atoms with E-state index in [0.29, 0.717) is 6.61 Å². The Morgan fingerprint density at radius 1 is 1.71 bits per heavy atom. The van der Waals surface area contributed by atoms with Crippen molar-refractivity contribution in [2.45, 2.75) is 0 Å². The number of rotatable bonds is 0. The minimum atomic E-state index is 0.639. The molecular formula is C5H6NO. The minimum absolute atomic E-state index is 0.639. The Morgan fingerprint density at radius 3 is 3.71 bits per heavy atom. The summed E-state index contributed by atoms with van der Waals surface area (Å²) >= 11 is 0. The first kappa shape index (κ1) is 4.24. The highest BCUT2D eigenvalue weighted by Crippen LogP contribution is 1.80. The average molecular weight is 96.1 g/mol. The molecule has 2 nitrogen and oxygen atoms in total. The number of nitrogens with one attached hydrogen (secondary N) is 1. The van der Waals surface area contributed by atoms with Gasteiger partial charge in [0.25, 0.3) is 0 Å². The van der Waals surface area contributed by atoms with E-state index < -0.39 is 0 Å². The van der Waals surface area contributed by atoms with Crippen molar-refractivity contribution in [1.82, 2.24) is 5.32 Å². The van der Waals surface area contributed by atoms with Gasteiger partial charge in [-0.15, -0.1) is 0 Å². The first-order valence-electron chi connectivity index (χ1n) is 2.09. The summed E-state index contributed by atoms with van der Waals surface area (Å²) < 4.78 is 4.81. The lowest BCUT2D eigenvalue weighted by Gasteiger charge is -1.85. The molecule has 0 fully saturated rings. The van der Waals surface area contributed by atoms with E-state index in [1.807, 2.05) is 6.08 Å². The molecule has 0 aliphatic carbocycles. The van der Waals surface area contributed by atoms with E-state index in [9.17, 15) is 0 Å². The number of ether oxygens (including phenoxy) is 1. The van der Waals surface area contributed by atoms with Crippen LogP contribution in [0.25, 0.3) is 0 Å². The normalized spacial score (nSPS) is 17.1. The molecule has 1 rings (SSSR count). The van der Waals surface area contributed by atoms with Gasteiger partial charge in [-0.1, -0.05) is 0 Å². The highest BCUT2D eigenvalue weighted by atomic mass is 16.5. The summed E-state index contributed by atoms with van der Waals surface area (Å²) in [5, 5.41) is 2.74. The molecule has 1 N–H and O–H groups in total. The smallest absolute Gasteiger partial charge is 0.109 e. The van der Waals surface area contributed by atoms with Gasteiger partial charge in [0.05, 0.1) is 0 Å². The molecule has 0 spiro atoms. The Balaban J connectivity index is 2.38. The molecule has 1 aliphatic rings. The van der Waals surface area contributed by atoms with E-state index in [0.717, 1.165) is 0 Å². The third kappa shape index (κ3) is 1.30. The maximum atomic E-state index is 4.81. The monoisotopic (exact) mass is 96.0 g/mol. The Bertz CT molecular complexity index is 84.3. The Labute approximate surface area is 42.5 Å². The van der Waals surface area contributed by atoms with Gasteiger partial charge >= 0.3 is 0 Å². The van der Waals surface area contributed by atoms with Crippen molar-refractivity contribution < 1.29 is 4.74 Å². The van der Waals surface area contributed by atoms with Crippen LogP contribution in [0.4, 0.5) is 0 Å². The second kappa shape index (κ2) is 2.29. The molecule has 1 radical (unpaired) electrons. The summed E-state index contributed by atoms with van der Waals surface area (Å²) in [6.45, 7) is 0.639. The summed E-state index contributed by atoms with van der Waals surface area (Å²) in [6, 6.07) is 0. The first-order valence-corrected chi connectivity index (χ1v) is 2.09. The Morgan fingerprint density at radius 2 is 2.71 bits per heavy atom. The van der Waals surface area contributed by atoms with Gasteiger partial charge in [0.1, 0.15) is 19.1 Å². The summed E-state index contributed by atoms with van der Waals surface area (Å²) in [5.41, 5.74) is 0. The molecule has 0 saturated heterocycles. The lowest BCUT2D eigenvalue weighted by molar-refractivity contribution is 0.289. The molecule has 1 aliphatic heterocycles. The molecule has 7 heavy (non-hydrogen) atoms. The quantitative estimate of drug-likeness (QED) is 0.471. The van der Waals surface area contributed by atoms with Gasteiger partial charge < -0.3 is 10.1 Å². The fourth-order valence-corrected chi connectivity index (χ4v) is 0.335. The third-order valence-corrected chi connectivity index (χ3v) is 0.619. The molecular weight excluding hydrogens is 90.1 g/mol. The molecule has 0 aromatic carbocycles. The van der Waals surface area contributed by atoms with E-state index in [1.165, 1.54) is 6.26 Å². The fraction of sp³-hybridized carbons (Fsp3) is 0.200. The van der Waals surface area contributed by atoms with Crippen LogP contribution in [0, 0.1) is 6.20 Å². The Kier molecular flexibility index (Phi) is 1.39. The van der Waals surface area contributed by atoms with Gasteiger partial charge in [0.2, 0.25) is 0 Å². The summed E-state index contributed by atoms with van der Waals surface area (Å²) in [6.07, 6.45) is 7.82. The lowest BCUT2D eigenvalue weighted by Crippen LogP contribution is -1.88. The second-order valence-electron chi connectivity index (χ2n) is 1.14. The van der Waals surface area contributed by atoms with Gasteiger partial charge in [-0.2, -0.15) is 0 Å². The highest BCUT2D eigenvalue weighted by Gasteiger charge is 1.77. The summed E-state index contributed by atoms with van der Waals surface area (Å²) in [5.74, 6) is 0. The van der Waals surface area contributed by atoms with Crippen LogP contribution in [0.3, 0.4) is 0 Å². The van der Waals surface area contributed by atoms with Crippen molar-refractivity contribution in [3.05, 3.63) is 24.7 Å². The number of hydrogen-bond donors (Lipinski definition) is 1. The van der Waals surface area contributed by atoms with Crippen molar-refractivity contribution in [1.29, 1.82) is 0 Å². The van der Waals surface area contributed by atoms with Gasteiger partial charge in [-0.25, -0.2) is 0 Å². The van der Waals surface area contributed by atoms with Crippen molar-refractivity contribution in [3.8, 4) is 0 Å². The van der Waals surface area contributed by atoms with Crippen LogP contribution in [0.2, 0.25) is 0 Å². The van der Waals surface area contributed by atoms with Crippen LogP contribution in [0.1, 0.15) is 0 Å². The van der Waals surface area contributed by atoms with Crippen molar-refractivity contribution in [2.24, 2.45) is 0 Å². The van der Waals surface area contributed by atoms with Crippen LogP contribution < -0.4 is 5.32 Å². The first-order chi connectivity index (χ1) is 3.50. The van der Waals surface area contributed by atoms with Gasteiger partial charge in [-0.05, 0) is 6.08 Å². The zero-order chi connectivity index (χ0) is 4.95. The lowest BCUT2D eigenvalue weighted by atomic mass is 10.7. The maximum Gasteiger partial charge on any atom is 0.109 e. The average Bonchev–Trinajstić information content (AvgIpc) is 1.90. The van der Waals surface area contributed by atoms with Gasteiger partial charge in [0.15, 0.2) is 0 Å². The summed E-state index contributed by atoms with van der Waals surface area (Å²) in [7, 11) is 0. The molecule has 0 saturated carbocycles. The van der Waals surface area contributed by atoms with Gasteiger partial charge in [-0.3, -0.25) is 0 Å². The standard InChI is InChI=1S/C5H6NO/c1-2-6-3-5-7-4-1/h1-2,5-6H,4H2. The largest absolute Gasteiger partial charge is 0.495 e. The van der Waals surface area contributed by atoms with Gasteiger partial charge in [0, 0.05) is 6.20 Å². The minimum Gasteiger partial charge on any atom is -0.495 e. The molecule has 0 unspecified atom stereocenters. The van der Waals surface area contributed by atoms with Crippen molar-refractivity contribution >= 4 is 0 Å². The van der Waals surface area contributed by atoms with Crippen LogP contribution >= 0.6 is 0 Å². The van der Waals surface area contributed by atoms with Crippen LogP contribution in [0.15, 0.2) is 18.5 Å². The predicted octanol–water partition coefficient (Wildman–Crippen LogP) is 0.394. The van der Waals surface area contributed by atoms with Crippen LogP contribution in [-0.2, 0) is 4.74 Å². The van der Waals surface area contributed by atoms with Crippen LogP contribution in [0.5, 0.6) is 0 Å². The predicted molar refractivity (Wildman–Crippen MR) is 26.0 cm³/mol. The van der Waals surface area contributed by atoms with E-state index in [2.05, 4.69) is 11.5 Å².